The first-order valence-corrected chi connectivity index (χ1v) is 7.77. The van der Waals surface area contributed by atoms with E-state index >= 15 is 0 Å². The fourth-order valence-electron chi connectivity index (χ4n) is 2.62. The Balaban J connectivity index is 1.64. The van der Waals surface area contributed by atoms with Gasteiger partial charge < -0.3 is 15.4 Å². The highest BCUT2D eigenvalue weighted by Gasteiger charge is 2.41. The second-order valence-corrected chi connectivity index (χ2v) is 6.04. The van der Waals surface area contributed by atoms with Gasteiger partial charge in [0.2, 0.25) is 0 Å². The standard InChI is InChI=1S/C12H22N2O2S/c1-8(7-17-2)6-13-12(15)14-10-5-9-3-4-11(10)16-9/h8-11H,3-7H2,1-2H3,(H2,13,14,15)/t8-,9-,10-,11-/m1/s1. The van der Waals surface area contributed by atoms with E-state index in [2.05, 4.69) is 23.8 Å². The zero-order valence-electron chi connectivity index (χ0n) is 10.6. The number of amides is 2. The number of rotatable bonds is 5. The number of hydrogen-bond donors (Lipinski definition) is 2. The van der Waals surface area contributed by atoms with Crippen molar-refractivity contribution >= 4 is 17.8 Å². The van der Waals surface area contributed by atoms with Gasteiger partial charge in [-0.05, 0) is 37.2 Å². The van der Waals surface area contributed by atoms with Gasteiger partial charge in [-0.3, -0.25) is 0 Å². The summed E-state index contributed by atoms with van der Waals surface area (Å²) < 4.78 is 5.70. The van der Waals surface area contributed by atoms with Gasteiger partial charge in [0.1, 0.15) is 0 Å². The van der Waals surface area contributed by atoms with Crippen molar-refractivity contribution in [3.8, 4) is 0 Å². The first-order chi connectivity index (χ1) is 8.19. The molecule has 4 nitrogen and oxygen atoms in total. The van der Waals surface area contributed by atoms with Crippen LogP contribution in [0.3, 0.4) is 0 Å². The maximum absolute atomic E-state index is 11.7. The number of hydrogen-bond acceptors (Lipinski definition) is 3. The van der Waals surface area contributed by atoms with E-state index in [1.807, 2.05) is 11.8 Å². The Labute approximate surface area is 107 Å². The van der Waals surface area contributed by atoms with Crippen molar-refractivity contribution in [2.45, 2.75) is 44.4 Å². The van der Waals surface area contributed by atoms with Crippen molar-refractivity contribution < 1.29 is 9.53 Å². The van der Waals surface area contributed by atoms with E-state index in [0.717, 1.165) is 31.6 Å². The van der Waals surface area contributed by atoms with E-state index in [1.54, 1.807) is 0 Å². The van der Waals surface area contributed by atoms with E-state index in [1.165, 1.54) is 0 Å². The van der Waals surface area contributed by atoms with Crippen LogP contribution in [0.15, 0.2) is 0 Å². The smallest absolute Gasteiger partial charge is 0.315 e. The molecule has 2 fully saturated rings. The Hall–Kier alpha value is -0.420. The number of urea groups is 1. The van der Waals surface area contributed by atoms with Gasteiger partial charge in [-0.25, -0.2) is 4.79 Å². The van der Waals surface area contributed by atoms with E-state index in [-0.39, 0.29) is 18.2 Å². The summed E-state index contributed by atoms with van der Waals surface area (Å²) in [5.41, 5.74) is 0. The van der Waals surface area contributed by atoms with E-state index in [0.29, 0.717) is 12.0 Å². The highest BCUT2D eigenvalue weighted by atomic mass is 32.2. The average Bonchev–Trinajstić information content (AvgIpc) is 2.88. The molecule has 0 aromatic rings. The van der Waals surface area contributed by atoms with Crippen LogP contribution in [0.25, 0.3) is 0 Å². The molecule has 2 heterocycles. The van der Waals surface area contributed by atoms with Gasteiger partial charge in [-0.1, -0.05) is 6.92 Å². The lowest BCUT2D eigenvalue weighted by atomic mass is 9.96. The molecule has 0 spiro atoms. The molecule has 0 aliphatic carbocycles. The van der Waals surface area contributed by atoms with Crippen molar-refractivity contribution in [2.75, 3.05) is 18.6 Å². The van der Waals surface area contributed by atoms with Crippen LogP contribution in [0.5, 0.6) is 0 Å². The summed E-state index contributed by atoms with van der Waals surface area (Å²) in [6, 6.07) is 0.184. The SMILES string of the molecule is CSC[C@H](C)CNC(=O)N[C@@H]1C[C@H]2CC[C@H]1O2. The first-order valence-electron chi connectivity index (χ1n) is 6.37. The van der Waals surface area contributed by atoms with Crippen LogP contribution in [0, 0.1) is 5.92 Å². The highest BCUT2D eigenvalue weighted by molar-refractivity contribution is 7.98. The second-order valence-electron chi connectivity index (χ2n) is 5.13. The third kappa shape index (κ3) is 3.52. The molecule has 0 radical (unpaired) electrons. The maximum atomic E-state index is 11.7. The summed E-state index contributed by atoms with van der Waals surface area (Å²) in [6.45, 7) is 2.89. The Bertz CT molecular complexity index is 275. The lowest BCUT2D eigenvalue weighted by molar-refractivity contribution is 0.0981. The summed E-state index contributed by atoms with van der Waals surface area (Å²) in [7, 11) is 0. The molecule has 0 aromatic heterocycles. The monoisotopic (exact) mass is 258 g/mol. The molecule has 2 aliphatic rings. The van der Waals surface area contributed by atoms with Crippen LogP contribution in [0.2, 0.25) is 0 Å². The van der Waals surface area contributed by atoms with Gasteiger partial charge in [0.15, 0.2) is 0 Å². The Morgan fingerprint density at radius 2 is 2.35 bits per heavy atom. The molecule has 2 saturated heterocycles. The maximum Gasteiger partial charge on any atom is 0.315 e. The zero-order chi connectivity index (χ0) is 12.3. The topological polar surface area (TPSA) is 50.4 Å². The summed E-state index contributed by atoms with van der Waals surface area (Å²) in [5, 5.41) is 5.96. The summed E-state index contributed by atoms with van der Waals surface area (Å²) >= 11 is 1.81. The minimum Gasteiger partial charge on any atom is -0.373 e. The molecule has 2 N–H and O–H groups in total. The molecule has 2 aliphatic heterocycles. The Morgan fingerprint density at radius 1 is 1.53 bits per heavy atom. The van der Waals surface area contributed by atoms with Crippen molar-refractivity contribution in [3.63, 3.8) is 0 Å². The van der Waals surface area contributed by atoms with Crippen molar-refractivity contribution in [1.82, 2.24) is 10.6 Å². The van der Waals surface area contributed by atoms with Gasteiger partial charge in [-0.2, -0.15) is 11.8 Å². The van der Waals surface area contributed by atoms with Crippen LogP contribution < -0.4 is 10.6 Å². The number of fused-ring (bicyclic) bond motifs is 2. The van der Waals surface area contributed by atoms with Crippen LogP contribution in [0.4, 0.5) is 4.79 Å². The summed E-state index contributed by atoms with van der Waals surface area (Å²) in [6.07, 6.45) is 5.98. The van der Waals surface area contributed by atoms with Gasteiger partial charge >= 0.3 is 6.03 Å². The number of carbonyl (C=O) groups is 1. The van der Waals surface area contributed by atoms with E-state index in [4.69, 9.17) is 4.74 Å². The zero-order valence-corrected chi connectivity index (χ0v) is 11.4. The van der Waals surface area contributed by atoms with E-state index in [9.17, 15) is 4.79 Å². The molecular formula is C12H22N2O2S. The molecule has 0 saturated carbocycles. The number of nitrogens with one attached hydrogen (secondary N) is 2. The predicted octanol–water partition coefficient (Wildman–Crippen LogP) is 1.60. The van der Waals surface area contributed by atoms with Crippen LogP contribution in [-0.4, -0.2) is 42.8 Å². The number of ether oxygens (including phenoxy) is 1. The molecule has 4 atom stereocenters. The minimum atomic E-state index is -0.0425. The normalized spacial score (nSPS) is 32.5. The van der Waals surface area contributed by atoms with Crippen molar-refractivity contribution in [3.05, 3.63) is 0 Å². The predicted molar refractivity (Wildman–Crippen MR) is 70.4 cm³/mol. The van der Waals surface area contributed by atoms with Gasteiger partial charge in [0.25, 0.3) is 0 Å². The molecule has 98 valence electrons. The Morgan fingerprint density at radius 3 is 2.94 bits per heavy atom. The summed E-state index contributed by atoms with van der Waals surface area (Å²) in [4.78, 5) is 11.7. The highest BCUT2D eigenvalue weighted by Crippen LogP contribution is 2.34. The van der Waals surface area contributed by atoms with E-state index < -0.39 is 0 Å². The summed E-state index contributed by atoms with van der Waals surface area (Å²) in [5.74, 6) is 1.60. The molecule has 0 aromatic carbocycles. The van der Waals surface area contributed by atoms with Crippen molar-refractivity contribution in [2.24, 2.45) is 5.92 Å². The molecular weight excluding hydrogens is 236 g/mol. The van der Waals surface area contributed by atoms with Crippen LogP contribution in [0.1, 0.15) is 26.2 Å². The molecule has 2 rings (SSSR count). The van der Waals surface area contributed by atoms with Crippen molar-refractivity contribution in [1.29, 1.82) is 0 Å². The van der Waals surface area contributed by atoms with Crippen LogP contribution in [-0.2, 0) is 4.74 Å². The van der Waals surface area contributed by atoms with Gasteiger partial charge in [-0.15, -0.1) is 0 Å². The average molecular weight is 258 g/mol. The number of thioether (sulfide) groups is 1. The fourth-order valence-corrected chi connectivity index (χ4v) is 3.31. The number of carbonyl (C=O) groups excluding carboxylic acids is 1. The third-order valence-electron chi connectivity index (χ3n) is 3.48. The molecule has 0 unspecified atom stereocenters. The first kappa shape index (κ1) is 13.0. The minimum absolute atomic E-state index is 0.0425. The third-order valence-corrected chi connectivity index (χ3v) is 4.39. The molecule has 2 amide bonds. The Kier molecular flexibility index (Phi) is 4.56. The van der Waals surface area contributed by atoms with Crippen LogP contribution >= 0.6 is 11.8 Å². The largest absolute Gasteiger partial charge is 0.373 e. The lowest BCUT2D eigenvalue weighted by Gasteiger charge is -2.21. The quantitative estimate of drug-likeness (QED) is 0.787. The van der Waals surface area contributed by atoms with Gasteiger partial charge in [0, 0.05) is 6.54 Å². The second kappa shape index (κ2) is 5.96. The molecule has 2 bridgehead atoms. The fraction of sp³-hybridized carbons (Fsp3) is 0.917. The van der Waals surface area contributed by atoms with Gasteiger partial charge in [0.05, 0.1) is 18.2 Å². The lowest BCUT2D eigenvalue weighted by Crippen LogP contribution is -2.47. The molecule has 17 heavy (non-hydrogen) atoms. The molecule has 5 heteroatoms.